The lowest BCUT2D eigenvalue weighted by atomic mass is 9.98. The van der Waals surface area contributed by atoms with E-state index in [0.29, 0.717) is 12.8 Å². The molecule has 6 N–H and O–H groups in total. The lowest BCUT2D eigenvalue weighted by molar-refractivity contribution is -0.870. The van der Waals surface area contributed by atoms with Gasteiger partial charge in [0.05, 0.1) is 40.0 Å². The SMILES string of the molecule is C=C(O)C[C@@H]1NC(=O)CNC(=O)[C@H](CCCC[N+](C)(C)C)NC(=O)[C@H](C(C)C)N(C)C(=O)[C@@H](Cc2c[nH]c3ccccc23)NC1=O. The number of aromatic nitrogens is 1. The number of likely N-dealkylation sites (N-methyl/N-ethyl adjacent to an activating group) is 1. The van der Waals surface area contributed by atoms with Crippen molar-refractivity contribution < 1.29 is 33.6 Å². The molecule has 2 aromatic rings. The first-order valence-electron chi connectivity index (χ1n) is 15.7. The van der Waals surface area contributed by atoms with Gasteiger partial charge in [0.15, 0.2) is 0 Å². The number of nitrogens with one attached hydrogen (secondary N) is 5. The van der Waals surface area contributed by atoms with Crippen molar-refractivity contribution in [2.45, 2.75) is 70.1 Å². The number of unbranched alkanes of at least 4 members (excludes halogenated alkanes) is 1. The molecule has 1 aromatic heterocycles. The van der Waals surface area contributed by atoms with Crippen molar-refractivity contribution in [2.75, 3.05) is 41.3 Å². The average Bonchev–Trinajstić information content (AvgIpc) is 3.37. The Morgan fingerprint density at radius 2 is 1.63 bits per heavy atom. The van der Waals surface area contributed by atoms with Crippen molar-refractivity contribution in [3.63, 3.8) is 0 Å². The first-order valence-corrected chi connectivity index (χ1v) is 15.7. The van der Waals surface area contributed by atoms with E-state index in [1.54, 1.807) is 20.0 Å². The summed E-state index contributed by atoms with van der Waals surface area (Å²) in [4.78, 5) is 72.2. The van der Waals surface area contributed by atoms with Gasteiger partial charge in [-0.1, -0.05) is 38.6 Å². The molecule has 0 saturated carbocycles. The van der Waals surface area contributed by atoms with Crippen LogP contribution in [0.1, 0.15) is 45.1 Å². The molecule has 13 nitrogen and oxygen atoms in total. The Kier molecular flexibility index (Phi) is 12.4. The van der Waals surface area contributed by atoms with Crippen LogP contribution >= 0.6 is 0 Å². The Morgan fingerprint density at radius 1 is 0.957 bits per heavy atom. The third kappa shape index (κ3) is 10.1. The van der Waals surface area contributed by atoms with Gasteiger partial charge in [-0.15, -0.1) is 0 Å². The molecule has 1 fully saturated rings. The highest BCUT2D eigenvalue weighted by molar-refractivity contribution is 5.97. The molecule has 46 heavy (non-hydrogen) atoms. The Bertz CT molecular complexity index is 1430. The van der Waals surface area contributed by atoms with E-state index in [0.717, 1.165) is 33.9 Å². The fraction of sp³-hybridized carbons (Fsp3) is 0.545. The fourth-order valence-corrected chi connectivity index (χ4v) is 5.74. The molecule has 0 aliphatic carbocycles. The Hall–Kier alpha value is -4.39. The van der Waals surface area contributed by atoms with Gasteiger partial charge < -0.3 is 40.7 Å². The molecule has 1 saturated heterocycles. The molecule has 0 spiro atoms. The highest BCUT2D eigenvalue weighted by Crippen LogP contribution is 2.21. The number of amides is 5. The van der Waals surface area contributed by atoms with Crippen LogP contribution in [0.3, 0.4) is 0 Å². The second-order valence-corrected chi connectivity index (χ2v) is 13.4. The molecule has 0 bridgehead atoms. The third-order valence-corrected chi connectivity index (χ3v) is 8.10. The van der Waals surface area contributed by atoms with Crippen LogP contribution in [-0.2, 0) is 30.4 Å². The number of benzene rings is 1. The summed E-state index contributed by atoms with van der Waals surface area (Å²) in [5.41, 5.74) is 1.62. The number of carbonyl (C=O) groups excluding carboxylic acids is 5. The highest BCUT2D eigenvalue weighted by atomic mass is 16.3. The zero-order valence-electron chi connectivity index (χ0n) is 27.8. The second kappa shape index (κ2) is 15.7. The molecular weight excluding hydrogens is 590 g/mol. The number of nitrogens with zero attached hydrogens (tertiary/aromatic N) is 2. The minimum absolute atomic E-state index is 0.0844. The van der Waals surface area contributed by atoms with Gasteiger partial charge >= 0.3 is 0 Å². The number of fused-ring (bicyclic) bond motifs is 1. The van der Waals surface area contributed by atoms with Gasteiger partial charge in [-0.3, -0.25) is 24.0 Å². The van der Waals surface area contributed by atoms with E-state index in [1.165, 1.54) is 11.9 Å². The number of hydrogen-bond acceptors (Lipinski definition) is 6. The summed E-state index contributed by atoms with van der Waals surface area (Å²) in [5.74, 6) is -3.69. The van der Waals surface area contributed by atoms with Crippen molar-refractivity contribution in [1.29, 1.82) is 0 Å². The lowest BCUT2D eigenvalue weighted by Crippen LogP contribution is -2.59. The van der Waals surface area contributed by atoms with E-state index in [2.05, 4.69) is 54.0 Å². The molecule has 0 radical (unpaired) electrons. The summed E-state index contributed by atoms with van der Waals surface area (Å²) in [6, 6.07) is 3.23. The molecule has 2 heterocycles. The number of para-hydroxylation sites is 1. The zero-order chi connectivity index (χ0) is 34.2. The van der Waals surface area contributed by atoms with Crippen molar-refractivity contribution in [3.8, 4) is 0 Å². The number of H-pyrrole nitrogens is 1. The first kappa shape index (κ1) is 36.1. The summed E-state index contributed by atoms with van der Waals surface area (Å²) in [6.45, 7) is 7.47. The molecular formula is C33H50N7O6+. The van der Waals surface area contributed by atoms with Crippen LogP contribution < -0.4 is 21.3 Å². The average molecular weight is 641 g/mol. The third-order valence-electron chi connectivity index (χ3n) is 8.10. The van der Waals surface area contributed by atoms with E-state index < -0.39 is 60.2 Å². The van der Waals surface area contributed by atoms with Crippen molar-refractivity contribution in [3.05, 3.63) is 48.4 Å². The number of aliphatic hydroxyl groups excluding tert-OH is 1. The van der Waals surface area contributed by atoms with E-state index in [4.69, 9.17) is 0 Å². The standard InChI is InChI=1S/C33H49N7O6/c1-20(2)29-32(45)37-25(14-10-11-15-40(5,6)7)30(43)35-19-28(42)36-26(16-21(3)41)31(44)38-27(33(46)39(29)4)17-22-18-34-24-13-9-8-12-23(22)24/h8-9,12-13,18,20,25-27,29,34H,3,10-11,14-17,19H2,1-2,4-7H3,(H4-,35,36,37,38,41,42,43,44,45)/p+1/t25-,26-,27+,29-/m0/s1. The number of carbonyl (C=O) groups is 5. The summed E-state index contributed by atoms with van der Waals surface area (Å²) in [5, 5.41) is 21.5. The van der Waals surface area contributed by atoms with Gasteiger partial charge in [-0.05, 0) is 36.8 Å². The maximum Gasteiger partial charge on any atom is 0.245 e. The van der Waals surface area contributed by atoms with Gasteiger partial charge in [0.25, 0.3) is 0 Å². The van der Waals surface area contributed by atoms with Crippen LogP contribution in [0.5, 0.6) is 0 Å². The first-order chi connectivity index (χ1) is 21.6. The molecule has 252 valence electrons. The van der Waals surface area contributed by atoms with Crippen LogP contribution in [0.25, 0.3) is 10.9 Å². The number of hydrogen-bond donors (Lipinski definition) is 6. The quantitative estimate of drug-likeness (QED) is 0.129. The predicted molar refractivity (Wildman–Crippen MR) is 175 cm³/mol. The van der Waals surface area contributed by atoms with Crippen LogP contribution in [0, 0.1) is 5.92 Å². The van der Waals surface area contributed by atoms with Crippen LogP contribution in [0.15, 0.2) is 42.8 Å². The van der Waals surface area contributed by atoms with Gasteiger partial charge in [0.1, 0.15) is 24.2 Å². The van der Waals surface area contributed by atoms with Gasteiger partial charge in [-0.25, -0.2) is 0 Å². The second-order valence-electron chi connectivity index (χ2n) is 13.4. The van der Waals surface area contributed by atoms with E-state index in [-0.39, 0.29) is 24.5 Å². The van der Waals surface area contributed by atoms with E-state index in [9.17, 15) is 29.1 Å². The molecule has 1 aromatic carbocycles. The fourth-order valence-electron chi connectivity index (χ4n) is 5.74. The van der Waals surface area contributed by atoms with E-state index in [1.807, 2.05) is 24.3 Å². The van der Waals surface area contributed by atoms with Gasteiger partial charge in [0.2, 0.25) is 29.5 Å². The van der Waals surface area contributed by atoms with Gasteiger partial charge in [0, 0.05) is 37.0 Å². The van der Waals surface area contributed by atoms with Crippen LogP contribution in [-0.4, -0.2) is 114 Å². The summed E-state index contributed by atoms with van der Waals surface area (Å²) in [6.07, 6.45) is 3.33. The molecule has 5 amide bonds. The van der Waals surface area contributed by atoms with Crippen molar-refractivity contribution in [2.24, 2.45) is 5.92 Å². The monoisotopic (exact) mass is 640 g/mol. The number of aromatic amines is 1. The minimum atomic E-state index is -1.28. The summed E-state index contributed by atoms with van der Waals surface area (Å²) < 4.78 is 0.750. The normalized spacial score (nSPS) is 22.5. The molecule has 0 unspecified atom stereocenters. The summed E-state index contributed by atoms with van der Waals surface area (Å²) in [7, 11) is 7.72. The van der Waals surface area contributed by atoms with E-state index >= 15 is 0 Å². The molecule has 1 aliphatic rings. The highest BCUT2D eigenvalue weighted by Gasteiger charge is 2.37. The van der Waals surface area contributed by atoms with Crippen molar-refractivity contribution >= 4 is 40.4 Å². The summed E-state index contributed by atoms with van der Waals surface area (Å²) >= 11 is 0. The predicted octanol–water partition coefficient (Wildman–Crippen LogP) is 1.12. The zero-order valence-corrected chi connectivity index (χ0v) is 27.8. The molecule has 1 aliphatic heterocycles. The van der Waals surface area contributed by atoms with Crippen molar-refractivity contribution in [1.82, 2.24) is 31.2 Å². The smallest absolute Gasteiger partial charge is 0.245 e. The van der Waals surface area contributed by atoms with Crippen LogP contribution in [0.2, 0.25) is 0 Å². The maximum atomic E-state index is 14.2. The molecule has 3 rings (SSSR count). The number of rotatable bonds is 10. The maximum absolute atomic E-state index is 14.2. The largest absolute Gasteiger partial charge is 0.513 e. The Labute approximate surface area is 270 Å². The number of quaternary nitrogens is 1. The number of aliphatic hydroxyl groups is 1. The molecule has 13 heteroatoms. The Morgan fingerprint density at radius 3 is 2.28 bits per heavy atom. The van der Waals surface area contributed by atoms with Gasteiger partial charge in [-0.2, -0.15) is 0 Å². The minimum Gasteiger partial charge on any atom is -0.513 e. The van der Waals surface area contributed by atoms with Crippen LogP contribution in [0.4, 0.5) is 0 Å². The Balaban J connectivity index is 2.00. The molecule has 4 atom stereocenters. The lowest BCUT2D eigenvalue weighted by Gasteiger charge is -2.34. The topological polar surface area (TPSA) is 173 Å².